The highest BCUT2D eigenvalue weighted by Gasteiger charge is 2.19. The first-order valence-corrected chi connectivity index (χ1v) is 5.19. The van der Waals surface area contributed by atoms with Crippen molar-refractivity contribution in [3.63, 3.8) is 0 Å². The molecule has 0 spiro atoms. The third kappa shape index (κ3) is 4.38. The van der Waals surface area contributed by atoms with Gasteiger partial charge in [0.25, 0.3) is 0 Å². The van der Waals surface area contributed by atoms with Gasteiger partial charge in [-0.3, -0.25) is 0 Å². The molecule has 0 radical (unpaired) electrons. The number of carboxylic acids is 1. The van der Waals surface area contributed by atoms with Crippen LogP contribution in [0.2, 0.25) is 0 Å². The monoisotopic (exact) mass is 256 g/mol. The highest BCUT2D eigenvalue weighted by atomic mass is 19.1. The Bertz CT molecular complexity index is 439. The summed E-state index contributed by atoms with van der Waals surface area (Å²) in [4.78, 5) is 22.1. The van der Waals surface area contributed by atoms with Crippen LogP contribution in [0.4, 0.5) is 14.9 Å². The standard InChI is InChI=1S/C11H13FN2O4/c12-7-2-1-3-8(6-7)13-11(18)14-9(4-5-15)10(16)17/h1-3,6,9,15H,4-5H2,(H,16,17)(H2,13,14,18)/t9-/m1/s1. The molecular formula is C11H13FN2O4. The maximum atomic E-state index is 12.8. The lowest BCUT2D eigenvalue weighted by Crippen LogP contribution is -2.43. The van der Waals surface area contributed by atoms with Crippen molar-refractivity contribution in [3.05, 3.63) is 30.1 Å². The summed E-state index contributed by atoms with van der Waals surface area (Å²) in [5.41, 5.74) is 0.209. The third-order valence-corrected chi connectivity index (χ3v) is 2.10. The summed E-state index contributed by atoms with van der Waals surface area (Å²) >= 11 is 0. The molecule has 0 aliphatic rings. The van der Waals surface area contributed by atoms with Crippen molar-refractivity contribution in [2.45, 2.75) is 12.5 Å². The highest BCUT2D eigenvalue weighted by molar-refractivity contribution is 5.92. The number of carboxylic acid groups (broad SMARTS) is 1. The summed E-state index contributed by atoms with van der Waals surface area (Å²) in [6.45, 7) is -0.364. The van der Waals surface area contributed by atoms with E-state index < -0.39 is 23.9 Å². The Morgan fingerprint density at radius 3 is 2.67 bits per heavy atom. The Labute approximate surface area is 102 Å². The van der Waals surface area contributed by atoms with Crippen LogP contribution >= 0.6 is 0 Å². The van der Waals surface area contributed by atoms with Gasteiger partial charge >= 0.3 is 12.0 Å². The molecule has 0 saturated heterocycles. The summed E-state index contributed by atoms with van der Waals surface area (Å²) in [6, 6.07) is 3.22. The molecule has 1 atom stereocenters. The van der Waals surface area contributed by atoms with Crippen LogP contribution in [0, 0.1) is 5.82 Å². The van der Waals surface area contributed by atoms with Crippen LogP contribution < -0.4 is 10.6 Å². The molecule has 6 nitrogen and oxygen atoms in total. The zero-order valence-electron chi connectivity index (χ0n) is 9.39. The minimum Gasteiger partial charge on any atom is -0.480 e. The molecular weight excluding hydrogens is 243 g/mol. The van der Waals surface area contributed by atoms with Crippen LogP contribution in [0.3, 0.4) is 0 Å². The zero-order chi connectivity index (χ0) is 13.5. The van der Waals surface area contributed by atoms with Gasteiger partial charge in [0, 0.05) is 18.7 Å². The summed E-state index contributed by atoms with van der Waals surface area (Å²) in [5.74, 6) is -1.77. The Balaban J connectivity index is 2.57. The number of rotatable bonds is 5. The van der Waals surface area contributed by atoms with Crippen LogP contribution in [0.15, 0.2) is 24.3 Å². The van der Waals surface area contributed by atoms with E-state index >= 15 is 0 Å². The van der Waals surface area contributed by atoms with E-state index in [2.05, 4.69) is 10.6 Å². The quantitative estimate of drug-likeness (QED) is 0.625. The molecule has 98 valence electrons. The predicted molar refractivity (Wildman–Crippen MR) is 61.7 cm³/mol. The molecule has 0 aliphatic carbocycles. The first-order chi connectivity index (χ1) is 8.52. The van der Waals surface area contributed by atoms with E-state index in [0.717, 1.165) is 6.07 Å². The number of halogens is 1. The van der Waals surface area contributed by atoms with E-state index in [4.69, 9.17) is 10.2 Å². The van der Waals surface area contributed by atoms with Crippen molar-refractivity contribution in [2.24, 2.45) is 0 Å². The number of aliphatic carboxylic acids is 1. The van der Waals surface area contributed by atoms with Gasteiger partial charge in [-0.25, -0.2) is 14.0 Å². The lowest BCUT2D eigenvalue weighted by atomic mass is 10.2. The van der Waals surface area contributed by atoms with E-state index in [-0.39, 0.29) is 18.7 Å². The lowest BCUT2D eigenvalue weighted by Gasteiger charge is -2.13. The Kier molecular flexibility index (Phi) is 5.06. The first-order valence-electron chi connectivity index (χ1n) is 5.19. The average Bonchev–Trinajstić information content (AvgIpc) is 2.28. The molecule has 0 aromatic heterocycles. The minimum absolute atomic E-state index is 0.105. The molecule has 4 N–H and O–H groups in total. The smallest absolute Gasteiger partial charge is 0.326 e. The van der Waals surface area contributed by atoms with Crippen LogP contribution in [-0.2, 0) is 4.79 Å². The number of aliphatic hydroxyl groups excluding tert-OH is 1. The molecule has 0 fully saturated rings. The Morgan fingerprint density at radius 1 is 1.39 bits per heavy atom. The van der Waals surface area contributed by atoms with Crippen molar-refractivity contribution in [1.82, 2.24) is 5.32 Å². The average molecular weight is 256 g/mol. The Morgan fingerprint density at radius 2 is 2.11 bits per heavy atom. The molecule has 0 heterocycles. The van der Waals surface area contributed by atoms with Crippen molar-refractivity contribution >= 4 is 17.7 Å². The number of urea groups is 1. The third-order valence-electron chi connectivity index (χ3n) is 2.10. The maximum Gasteiger partial charge on any atom is 0.326 e. The van der Waals surface area contributed by atoms with Gasteiger partial charge in [-0.1, -0.05) is 6.07 Å². The maximum absolute atomic E-state index is 12.8. The number of aliphatic hydroxyl groups is 1. The number of anilines is 1. The fourth-order valence-electron chi connectivity index (χ4n) is 1.28. The molecule has 18 heavy (non-hydrogen) atoms. The second kappa shape index (κ2) is 6.55. The number of benzene rings is 1. The van der Waals surface area contributed by atoms with E-state index in [9.17, 15) is 14.0 Å². The number of nitrogens with one attached hydrogen (secondary N) is 2. The first kappa shape index (κ1) is 13.9. The zero-order valence-corrected chi connectivity index (χ0v) is 9.39. The SMILES string of the molecule is O=C(Nc1cccc(F)c1)N[C@H](CCO)C(=O)O. The number of amides is 2. The summed E-state index contributed by atoms with van der Waals surface area (Å²) in [6.07, 6.45) is -0.105. The molecule has 1 aromatic carbocycles. The van der Waals surface area contributed by atoms with E-state index in [1.165, 1.54) is 18.2 Å². The topological polar surface area (TPSA) is 98.7 Å². The summed E-state index contributed by atoms with van der Waals surface area (Å²) in [7, 11) is 0. The van der Waals surface area contributed by atoms with Gasteiger partial charge in [0.05, 0.1) is 0 Å². The minimum atomic E-state index is -1.25. The van der Waals surface area contributed by atoms with E-state index in [0.29, 0.717) is 0 Å². The number of hydrogen-bond donors (Lipinski definition) is 4. The number of carbonyl (C=O) groups is 2. The fraction of sp³-hybridized carbons (Fsp3) is 0.273. The van der Waals surface area contributed by atoms with Gasteiger partial charge in [0.1, 0.15) is 11.9 Å². The molecule has 0 bridgehead atoms. The van der Waals surface area contributed by atoms with Gasteiger partial charge in [-0.15, -0.1) is 0 Å². The largest absolute Gasteiger partial charge is 0.480 e. The number of hydrogen-bond acceptors (Lipinski definition) is 3. The molecule has 2 amide bonds. The summed E-state index contributed by atoms with van der Waals surface area (Å²) < 4.78 is 12.8. The van der Waals surface area contributed by atoms with Crippen LogP contribution in [-0.4, -0.2) is 34.9 Å². The Hall–Kier alpha value is -2.15. The molecule has 0 saturated carbocycles. The fourth-order valence-corrected chi connectivity index (χ4v) is 1.28. The second-order valence-electron chi connectivity index (χ2n) is 3.51. The molecule has 0 aliphatic heterocycles. The number of carbonyl (C=O) groups excluding carboxylic acids is 1. The van der Waals surface area contributed by atoms with Crippen molar-refractivity contribution in [3.8, 4) is 0 Å². The lowest BCUT2D eigenvalue weighted by molar-refractivity contribution is -0.139. The van der Waals surface area contributed by atoms with Crippen LogP contribution in [0.25, 0.3) is 0 Å². The molecule has 7 heteroatoms. The molecule has 1 aromatic rings. The van der Waals surface area contributed by atoms with Crippen LogP contribution in [0.1, 0.15) is 6.42 Å². The summed E-state index contributed by atoms with van der Waals surface area (Å²) in [5, 5.41) is 21.8. The van der Waals surface area contributed by atoms with Crippen molar-refractivity contribution in [2.75, 3.05) is 11.9 Å². The van der Waals surface area contributed by atoms with Gasteiger partial charge in [0.2, 0.25) is 0 Å². The van der Waals surface area contributed by atoms with Gasteiger partial charge in [-0.2, -0.15) is 0 Å². The van der Waals surface area contributed by atoms with Crippen molar-refractivity contribution in [1.29, 1.82) is 0 Å². The normalized spacial score (nSPS) is 11.7. The van der Waals surface area contributed by atoms with Crippen LogP contribution in [0.5, 0.6) is 0 Å². The predicted octanol–water partition coefficient (Wildman–Crippen LogP) is 0.783. The molecule has 1 rings (SSSR count). The highest BCUT2D eigenvalue weighted by Crippen LogP contribution is 2.08. The van der Waals surface area contributed by atoms with E-state index in [1.807, 2.05) is 0 Å². The molecule has 0 unspecified atom stereocenters. The van der Waals surface area contributed by atoms with Gasteiger partial charge < -0.3 is 20.8 Å². The van der Waals surface area contributed by atoms with Gasteiger partial charge in [0.15, 0.2) is 0 Å². The van der Waals surface area contributed by atoms with Gasteiger partial charge in [-0.05, 0) is 18.2 Å². The second-order valence-corrected chi connectivity index (χ2v) is 3.51. The van der Waals surface area contributed by atoms with Crippen molar-refractivity contribution < 1.29 is 24.2 Å². The van der Waals surface area contributed by atoms with E-state index in [1.54, 1.807) is 0 Å².